The van der Waals surface area contributed by atoms with Gasteiger partial charge in [-0.05, 0) is 38.1 Å². The fourth-order valence-corrected chi connectivity index (χ4v) is 1.94. The van der Waals surface area contributed by atoms with Gasteiger partial charge in [-0.2, -0.15) is 5.26 Å². The number of carbonyl (C=O) groups excluding carboxylic acids is 2. The van der Waals surface area contributed by atoms with Crippen molar-refractivity contribution in [3.05, 3.63) is 30.1 Å². The first-order chi connectivity index (χ1) is 11.2. The van der Waals surface area contributed by atoms with Gasteiger partial charge in [-0.1, -0.05) is 19.9 Å². The normalized spacial score (nSPS) is 13.2. The summed E-state index contributed by atoms with van der Waals surface area (Å²) in [6, 6.07) is 7.67. The van der Waals surface area contributed by atoms with E-state index < -0.39 is 11.4 Å². The third-order valence-electron chi connectivity index (χ3n) is 3.72. The molecule has 7 heteroatoms. The minimum atomic E-state index is -0.957. The Hall–Kier alpha value is -2.46. The van der Waals surface area contributed by atoms with E-state index >= 15 is 0 Å². The maximum absolute atomic E-state index is 13.1. The zero-order valence-electron chi connectivity index (χ0n) is 14.4. The van der Waals surface area contributed by atoms with Crippen molar-refractivity contribution in [2.75, 3.05) is 25.5 Å². The van der Waals surface area contributed by atoms with Crippen LogP contribution < -0.4 is 10.6 Å². The lowest BCUT2D eigenvalue weighted by molar-refractivity contribution is -0.124. The second kappa shape index (κ2) is 8.41. The standard InChI is InChI=1S/C17H23FN4O2/c1-12(2)17(3,11-19)21-16(24)10-22(4)9-15(23)20-14-7-5-6-13(18)8-14/h5-8,12H,9-10H2,1-4H3,(H,20,23)(H,21,24)/t17-/m1/s1. The summed E-state index contributed by atoms with van der Waals surface area (Å²) >= 11 is 0. The Kier molecular flexibility index (Phi) is 6.86. The summed E-state index contributed by atoms with van der Waals surface area (Å²) in [6.45, 7) is 5.29. The fourth-order valence-electron chi connectivity index (χ4n) is 1.94. The number of benzene rings is 1. The minimum absolute atomic E-state index is 0.0272. The van der Waals surface area contributed by atoms with Crippen molar-refractivity contribution in [3.8, 4) is 6.07 Å². The predicted octanol–water partition coefficient (Wildman–Crippen LogP) is 1.75. The van der Waals surface area contributed by atoms with Gasteiger partial charge in [0, 0.05) is 5.69 Å². The number of nitriles is 1. The largest absolute Gasteiger partial charge is 0.337 e. The van der Waals surface area contributed by atoms with E-state index in [1.54, 1.807) is 20.0 Å². The van der Waals surface area contributed by atoms with E-state index in [-0.39, 0.29) is 30.8 Å². The van der Waals surface area contributed by atoms with E-state index in [2.05, 4.69) is 16.7 Å². The maximum atomic E-state index is 13.1. The summed E-state index contributed by atoms with van der Waals surface area (Å²) in [5.74, 6) is -1.19. The quantitative estimate of drug-likeness (QED) is 0.795. The van der Waals surface area contributed by atoms with Gasteiger partial charge in [0.25, 0.3) is 0 Å². The molecule has 0 bridgehead atoms. The molecule has 0 unspecified atom stereocenters. The maximum Gasteiger partial charge on any atom is 0.238 e. The van der Waals surface area contributed by atoms with E-state index in [0.29, 0.717) is 5.69 Å². The number of carbonyl (C=O) groups is 2. The molecule has 0 saturated heterocycles. The highest BCUT2D eigenvalue weighted by atomic mass is 19.1. The lowest BCUT2D eigenvalue weighted by Crippen LogP contribution is -2.51. The number of rotatable bonds is 7. The van der Waals surface area contributed by atoms with Crippen LogP contribution in [0.5, 0.6) is 0 Å². The third kappa shape index (κ3) is 5.97. The summed E-state index contributed by atoms with van der Waals surface area (Å²) in [6.07, 6.45) is 0. The van der Waals surface area contributed by atoms with Gasteiger partial charge < -0.3 is 10.6 Å². The second-order valence-electron chi connectivity index (χ2n) is 6.25. The van der Waals surface area contributed by atoms with Crippen molar-refractivity contribution in [2.45, 2.75) is 26.3 Å². The second-order valence-corrected chi connectivity index (χ2v) is 6.25. The number of hydrogen-bond donors (Lipinski definition) is 2. The Morgan fingerprint density at radius 3 is 2.50 bits per heavy atom. The SMILES string of the molecule is CC(C)[C@@](C)(C#N)NC(=O)CN(C)CC(=O)Nc1cccc(F)c1. The highest BCUT2D eigenvalue weighted by Crippen LogP contribution is 2.14. The van der Waals surface area contributed by atoms with Crippen LogP contribution in [0.4, 0.5) is 10.1 Å². The first kappa shape index (κ1) is 19.6. The Labute approximate surface area is 141 Å². The van der Waals surface area contributed by atoms with Crippen molar-refractivity contribution < 1.29 is 14.0 Å². The highest BCUT2D eigenvalue weighted by molar-refractivity contribution is 5.92. The number of anilines is 1. The molecule has 1 atom stereocenters. The van der Waals surface area contributed by atoms with Crippen molar-refractivity contribution in [2.24, 2.45) is 5.92 Å². The molecule has 0 radical (unpaired) electrons. The molecular weight excluding hydrogens is 311 g/mol. The molecule has 6 nitrogen and oxygen atoms in total. The summed E-state index contributed by atoms with van der Waals surface area (Å²) < 4.78 is 13.1. The van der Waals surface area contributed by atoms with E-state index in [9.17, 15) is 19.2 Å². The fraction of sp³-hybridized carbons (Fsp3) is 0.471. The molecule has 2 N–H and O–H groups in total. The summed E-state index contributed by atoms with van der Waals surface area (Å²) in [4.78, 5) is 25.5. The van der Waals surface area contributed by atoms with Gasteiger partial charge >= 0.3 is 0 Å². The predicted molar refractivity (Wildman–Crippen MR) is 89.5 cm³/mol. The van der Waals surface area contributed by atoms with Gasteiger partial charge in [-0.15, -0.1) is 0 Å². The van der Waals surface area contributed by atoms with Crippen LogP contribution in [0.1, 0.15) is 20.8 Å². The van der Waals surface area contributed by atoms with Gasteiger partial charge in [-0.25, -0.2) is 4.39 Å². The van der Waals surface area contributed by atoms with Crippen LogP contribution in [0.2, 0.25) is 0 Å². The van der Waals surface area contributed by atoms with Gasteiger partial charge in [0.1, 0.15) is 11.4 Å². The van der Waals surface area contributed by atoms with Crippen molar-refractivity contribution in [1.82, 2.24) is 10.2 Å². The van der Waals surface area contributed by atoms with Gasteiger partial charge in [0.2, 0.25) is 11.8 Å². The number of amides is 2. The van der Waals surface area contributed by atoms with Gasteiger partial charge in [0.05, 0.1) is 19.2 Å². The summed E-state index contributed by atoms with van der Waals surface area (Å²) in [5, 5.41) is 14.4. The number of hydrogen-bond acceptors (Lipinski definition) is 4. The van der Waals surface area contributed by atoms with Crippen LogP contribution in [0, 0.1) is 23.1 Å². The van der Waals surface area contributed by atoms with Crippen molar-refractivity contribution in [1.29, 1.82) is 5.26 Å². The molecule has 1 aromatic carbocycles. The molecular formula is C17H23FN4O2. The molecule has 0 aliphatic carbocycles. The van der Waals surface area contributed by atoms with Crippen LogP contribution in [0.25, 0.3) is 0 Å². The van der Waals surface area contributed by atoms with Crippen LogP contribution in [0.3, 0.4) is 0 Å². The van der Waals surface area contributed by atoms with Crippen molar-refractivity contribution >= 4 is 17.5 Å². The third-order valence-corrected chi connectivity index (χ3v) is 3.72. The van der Waals surface area contributed by atoms with E-state index in [1.165, 1.54) is 23.1 Å². The molecule has 130 valence electrons. The number of nitrogens with one attached hydrogen (secondary N) is 2. The summed E-state index contributed by atoms with van der Waals surface area (Å²) in [7, 11) is 1.61. The Morgan fingerprint density at radius 1 is 1.33 bits per heavy atom. The highest BCUT2D eigenvalue weighted by Gasteiger charge is 2.30. The molecule has 24 heavy (non-hydrogen) atoms. The monoisotopic (exact) mass is 334 g/mol. The van der Waals surface area contributed by atoms with Gasteiger partial charge in [-0.3, -0.25) is 14.5 Å². The topological polar surface area (TPSA) is 85.2 Å². The smallest absolute Gasteiger partial charge is 0.238 e. The molecule has 0 spiro atoms. The number of likely N-dealkylation sites (N-methyl/N-ethyl adjacent to an activating group) is 1. The Balaban J connectivity index is 2.50. The minimum Gasteiger partial charge on any atom is -0.337 e. The molecule has 0 saturated carbocycles. The number of nitrogens with zero attached hydrogens (tertiary/aromatic N) is 2. The first-order valence-corrected chi connectivity index (χ1v) is 7.62. The zero-order chi connectivity index (χ0) is 18.3. The van der Waals surface area contributed by atoms with Crippen LogP contribution >= 0.6 is 0 Å². The van der Waals surface area contributed by atoms with Crippen LogP contribution in [-0.2, 0) is 9.59 Å². The van der Waals surface area contributed by atoms with Crippen LogP contribution in [-0.4, -0.2) is 42.4 Å². The molecule has 0 aliphatic heterocycles. The number of halogens is 1. The molecule has 1 rings (SSSR count). The van der Waals surface area contributed by atoms with E-state index in [4.69, 9.17) is 0 Å². The van der Waals surface area contributed by atoms with Gasteiger partial charge in [0.15, 0.2) is 0 Å². The lowest BCUT2D eigenvalue weighted by atomic mass is 9.90. The molecule has 0 aliphatic rings. The van der Waals surface area contributed by atoms with E-state index in [0.717, 1.165) is 0 Å². The first-order valence-electron chi connectivity index (χ1n) is 7.62. The Morgan fingerprint density at radius 2 is 1.96 bits per heavy atom. The Bertz CT molecular complexity index is 642. The molecule has 1 aromatic rings. The molecule has 2 amide bonds. The molecule has 0 heterocycles. The van der Waals surface area contributed by atoms with Crippen molar-refractivity contribution in [3.63, 3.8) is 0 Å². The molecule has 0 fully saturated rings. The summed E-state index contributed by atoms with van der Waals surface area (Å²) in [5.41, 5.74) is -0.600. The lowest BCUT2D eigenvalue weighted by Gasteiger charge is -2.28. The zero-order valence-corrected chi connectivity index (χ0v) is 14.4. The average Bonchev–Trinajstić information content (AvgIpc) is 2.46. The average molecular weight is 334 g/mol. The van der Waals surface area contributed by atoms with Crippen LogP contribution in [0.15, 0.2) is 24.3 Å². The van der Waals surface area contributed by atoms with E-state index in [1.807, 2.05) is 13.8 Å². The molecule has 0 aromatic heterocycles.